The van der Waals surface area contributed by atoms with Crippen LogP contribution >= 0.6 is 0 Å². The quantitative estimate of drug-likeness (QED) is 0.891. The monoisotopic (exact) mass is 286 g/mol. The Balaban J connectivity index is 2.20. The number of benzene rings is 1. The summed E-state index contributed by atoms with van der Waals surface area (Å²) in [5, 5.41) is 7.00. The summed E-state index contributed by atoms with van der Waals surface area (Å²) < 4.78 is 1.50. The Morgan fingerprint density at radius 1 is 1.24 bits per heavy atom. The van der Waals surface area contributed by atoms with Crippen LogP contribution in [0.5, 0.6) is 0 Å². The third-order valence-corrected chi connectivity index (χ3v) is 3.49. The highest BCUT2D eigenvalue weighted by Crippen LogP contribution is 2.24. The minimum atomic E-state index is -0.251. The summed E-state index contributed by atoms with van der Waals surface area (Å²) in [5.41, 5.74) is 9.40. The number of aryl methyl sites for hydroxylation is 2. The van der Waals surface area contributed by atoms with Crippen LogP contribution in [0.4, 0.5) is 11.4 Å². The van der Waals surface area contributed by atoms with Gasteiger partial charge in [0.25, 0.3) is 5.91 Å². The molecule has 0 unspecified atom stereocenters. The van der Waals surface area contributed by atoms with Crippen molar-refractivity contribution in [3.05, 3.63) is 41.2 Å². The number of aromatic nitrogens is 2. The molecule has 2 rings (SSSR count). The summed E-state index contributed by atoms with van der Waals surface area (Å²) in [6, 6.07) is 7.84. The average Bonchev–Trinajstić information content (AvgIpc) is 2.62. The van der Waals surface area contributed by atoms with Crippen molar-refractivity contribution in [2.24, 2.45) is 7.05 Å². The van der Waals surface area contributed by atoms with Gasteiger partial charge >= 0.3 is 0 Å². The Hall–Kier alpha value is -2.30. The SMILES string of the molecule is Cc1nn(C)c(C(=O)Nc2ccc(C(C)(C)C)cc2)c1N. The number of carbonyl (C=O) groups excluding carboxylic acids is 1. The predicted molar refractivity (Wildman–Crippen MR) is 85.5 cm³/mol. The number of nitrogens with zero attached hydrogens (tertiary/aromatic N) is 2. The van der Waals surface area contributed by atoms with Gasteiger partial charge in [-0.25, -0.2) is 0 Å². The summed E-state index contributed by atoms with van der Waals surface area (Å²) in [7, 11) is 1.71. The van der Waals surface area contributed by atoms with Crippen LogP contribution in [-0.2, 0) is 12.5 Å². The van der Waals surface area contributed by atoms with Crippen LogP contribution in [0.25, 0.3) is 0 Å². The van der Waals surface area contributed by atoms with Gasteiger partial charge < -0.3 is 11.1 Å². The second-order valence-corrected chi connectivity index (χ2v) is 6.25. The van der Waals surface area contributed by atoms with Gasteiger partial charge in [0, 0.05) is 12.7 Å². The molecule has 0 saturated carbocycles. The number of amides is 1. The fraction of sp³-hybridized carbons (Fsp3) is 0.375. The van der Waals surface area contributed by atoms with Crippen molar-refractivity contribution in [2.45, 2.75) is 33.1 Å². The third-order valence-electron chi connectivity index (χ3n) is 3.49. The number of nitrogens with one attached hydrogen (secondary N) is 1. The van der Waals surface area contributed by atoms with E-state index in [0.717, 1.165) is 5.69 Å². The van der Waals surface area contributed by atoms with Crippen LogP contribution < -0.4 is 11.1 Å². The fourth-order valence-corrected chi connectivity index (χ4v) is 2.19. The molecule has 0 spiro atoms. The molecule has 0 radical (unpaired) electrons. The minimum absolute atomic E-state index is 0.0894. The van der Waals surface area contributed by atoms with Gasteiger partial charge in [-0.2, -0.15) is 5.10 Å². The zero-order valence-electron chi connectivity index (χ0n) is 13.2. The van der Waals surface area contributed by atoms with Crippen LogP contribution in [0.2, 0.25) is 0 Å². The van der Waals surface area contributed by atoms with Crippen molar-refractivity contribution < 1.29 is 4.79 Å². The summed E-state index contributed by atoms with van der Waals surface area (Å²) in [4.78, 5) is 12.3. The lowest BCUT2D eigenvalue weighted by molar-refractivity contribution is 0.101. The number of nitrogens with two attached hydrogens (primary N) is 1. The van der Waals surface area contributed by atoms with E-state index < -0.39 is 0 Å². The summed E-state index contributed by atoms with van der Waals surface area (Å²) in [6.07, 6.45) is 0. The molecule has 2 aromatic rings. The van der Waals surface area contributed by atoms with Gasteiger partial charge in [0.2, 0.25) is 0 Å². The smallest absolute Gasteiger partial charge is 0.276 e. The van der Waals surface area contributed by atoms with E-state index in [1.54, 1.807) is 14.0 Å². The van der Waals surface area contributed by atoms with E-state index in [2.05, 4.69) is 31.2 Å². The number of nitrogen functional groups attached to an aromatic ring is 1. The van der Waals surface area contributed by atoms with E-state index in [9.17, 15) is 4.79 Å². The summed E-state index contributed by atoms with van der Waals surface area (Å²) in [5.74, 6) is -0.251. The Morgan fingerprint density at radius 3 is 2.24 bits per heavy atom. The second-order valence-electron chi connectivity index (χ2n) is 6.25. The highest BCUT2D eigenvalue weighted by Gasteiger charge is 2.18. The van der Waals surface area contributed by atoms with E-state index in [-0.39, 0.29) is 11.3 Å². The maximum atomic E-state index is 12.3. The van der Waals surface area contributed by atoms with Crippen LogP contribution in [0.15, 0.2) is 24.3 Å². The van der Waals surface area contributed by atoms with E-state index in [4.69, 9.17) is 5.73 Å². The second kappa shape index (κ2) is 5.24. The molecule has 5 heteroatoms. The number of hydrogen-bond donors (Lipinski definition) is 2. The van der Waals surface area contributed by atoms with Crippen LogP contribution in [0, 0.1) is 6.92 Å². The van der Waals surface area contributed by atoms with E-state index in [0.29, 0.717) is 17.1 Å². The topological polar surface area (TPSA) is 72.9 Å². The molecule has 1 heterocycles. The molecule has 0 aliphatic carbocycles. The molecule has 1 amide bonds. The highest BCUT2D eigenvalue weighted by atomic mass is 16.2. The zero-order chi connectivity index (χ0) is 15.8. The first-order chi connectivity index (χ1) is 9.70. The molecule has 1 aromatic carbocycles. The largest absolute Gasteiger partial charge is 0.395 e. The molecule has 0 saturated heterocycles. The number of carbonyl (C=O) groups is 1. The first kappa shape index (κ1) is 15.1. The van der Waals surface area contributed by atoms with Crippen LogP contribution in [0.1, 0.15) is 42.5 Å². The zero-order valence-corrected chi connectivity index (χ0v) is 13.2. The standard InChI is InChI=1S/C16H22N4O/c1-10-13(17)14(20(5)19-10)15(21)18-12-8-6-11(7-9-12)16(2,3)4/h6-9H,17H2,1-5H3,(H,18,21). The third kappa shape index (κ3) is 3.07. The first-order valence-electron chi connectivity index (χ1n) is 6.91. The lowest BCUT2D eigenvalue weighted by Crippen LogP contribution is -2.18. The average molecular weight is 286 g/mol. The molecule has 112 valence electrons. The molecular weight excluding hydrogens is 264 g/mol. The van der Waals surface area contributed by atoms with Crippen molar-refractivity contribution in [1.29, 1.82) is 0 Å². The van der Waals surface area contributed by atoms with Crippen molar-refractivity contribution in [3.8, 4) is 0 Å². The van der Waals surface area contributed by atoms with Crippen molar-refractivity contribution in [1.82, 2.24) is 9.78 Å². The first-order valence-corrected chi connectivity index (χ1v) is 6.91. The molecule has 5 nitrogen and oxygen atoms in total. The van der Waals surface area contributed by atoms with E-state index in [1.165, 1.54) is 10.2 Å². The Morgan fingerprint density at radius 2 is 1.81 bits per heavy atom. The number of anilines is 2. The normalized spacial score (nSPS) is 11.5. The molecule has 3 N–H and O–H groups in total. The van der Waals surface area contributed by atoms with E-state index in [1.807, 2.05) is 24.3 Å². The summed E-state index contributed by atoms with van der Waals surface area (Å²) >= 11 is 0. The number of hydrogen-bond acceptors (Lipinski definition) is 3. The van der Waals surface area contributed by atoms with Gasteiger partial charge in [0.15, 0.2) is 0 Å². The molecule has 1 aromatic heterocycles. The molecule has 0 atom stereocenters. The van der Waals surface area contributed by atoms with Gasteiger partial charge in [-0.15, -0.1) is 0 Å². The Bertz CT molecular complexity index is 663. The highest BCUT2D eigenvalue weighted by molar-refractivity contribution is 6.06. The molecule has 0 bridgehead atoms. The predicted octanol–water partition coefficient (Wildman–Crippen LogP) is 2.86. The lowest BCUT2D eigenvalue weighted by atomic mass is 9.87. The van der Waals surface area contributed by atoms with Crippen molar-refractivity contribution in [3.63, 3.8) is 0 Å². The van der Waals surface area contributed by atoms with Crippen LogP contribution in [-0.4, -0.2) is 15.7 Å². The van der Waals surface area contributed by atoms with Gasteiger partial charge in [-0.05, 0) is 30.0 Å². The van der Waals surface area contributed by atoms with E-state index >= 15 is 0 Å². The van der Waals surface area contributed by atoms with Crippen molar-refractivity contribution >= 4 is 17.3 Å². The molecule has 0 fully saturated rings. The molecule has 0 aliphatic heterocycles. The van der Waals surface area contributed by atoms with Gasteiger partial charge in [0.1, 0.15) is 5.69 Å². The number of rotatable bonds is 2. The maximum Gasteiger partial charge on any atom is 0.276 e. The minimum Gasteiger partial charge on any atom is -0.395 e. The van der Waals surface area contributed by atoms with Gasteiger partial charge in [0.05, 0.1) is 11.4 Å². The molecular formula is C16H22N4O. The Labute approximate surface area is 125 Å². The van der Waals surface area contributed by atoms with Gasteiger partial charge in [-0.3, -0.25) is 9.48 Å². The maximum absolute atomic E-state index is 12.3. The van der Waals surface area contributed by atoms with Crippen LogP contribution in [0.3, 0.4) is 0 Å². The molecule has 21 heavy (non-hydrogen) atoms. The lowest BCUT2D eigenvalue weighted by Gasteiger charge is -2.19. The Kier molecular flexibility index (Phi) is 3.77. The van der Waals surface area contributed by atoms with Gasteiger partial charge in [-0.1, -0.05) is 32.9 Å². The van der Waals surface area contributed by atoms with Crippen molar-refractivity contribution in [2.75, 3.05) is 11.1 Å². The fourth-order valence-electron chi connectivity index (χ4n) is 2.19. The summed E-state index contributed by atoms with van der Waals surface area (Å²) in [6.45, 7) is 8.24. The molecule has 0 aliphatic rings.